The fourth-order valence-corrected chi connectivity index (χ4v) is 1.44. The maximum Gasteiger partial charge on any atom is 0.263 e. The van der Waals surface area contributed by atoms with Gasteiger partial charge in [0.2, 0.25) is 0 Å². The highest BCUT2D eigenvalue weighted by Gasteiger charge is 2.09. The fourth-order valence-electron chi connectivity index (χ4n) is 1.44. The molecular weight excluding hydrogens is 230 g/mol. The van der Waals surface area contributed by atoms with Gasteiger partial charge in [0, 0.05) is 11.3 Å². The smallest absolute Gasteiger partial charge is 0.263 e. The van der Waals surface area contributed by atoms with Crippen LogP contribution in [0.3, 0.4) is 0 Å². The van der Waals surface area contributed by atoms with Crippen molar-refractivity contribution in [1.82, 2.24) is 10.2 Å². The number of benzene rings is 1. The molecule has 1 heterocycles. The third-order valence-electron chi connectivity index (χ3n) is 2.62. The van der Waals surface area contributed by atoms with Crippen LogP contribution in [0.5, 0.6) is 5.75 Å². The molecule has 0 saturated carbocycles. The van der Waals surface area contributed by atoms with Crippen LogP contribution in [0, 0.1) is 13.8 Å². The minimum atomic E-state index is -0.228. The topological polar surface area (TPSA) is 67.0 Å². The Labute approximate surface area is 105 Å². The Hall–Kier alpha value is -2.30. The monoisotopic (exact) mass is 245 g/mol. The van der Waals surface area contributed by atoms with Gasteiger partial charge in [0.15, 0.2) is 12.4 Å². The maximum absolute atomic E-state index is 11.7. The number of hydrogen-bond donors (Lipinski definition) is 2. The largest absolute Gasteiger partial charge is 0.484 e. The quantitative estimate of drug-likeness (QED) is 0.866. The number of para-hydroxylation sites is 1. The van der Waals surface area contributed by atoms with E-state index in [0.717, 1.165) is 11.3 Å². The summed E-state index contributed by atoms with van der Waals surface area (Å²) in [5.41, 5.74) is 1.87. The number of aromatic nitrogens is 2. The number of hydrogen-bond acceptors (Lipinski definition) is 3. The first-order valence-corrected chi connectivity index (χ1v) is 5.66. The molecule has 1 aromatic heterocycles. The third-order valence-corrected chi connectivity index (χ3v) is 2.62. The number of aromatic amines is 1. The van der Waals surface area contributed by atoms with Gasteiger partial charge < -0.3 is 10.1 Å². The molecular formula is C13H15N3O2. The van der Waals surface area contributed by atoms with Gasteiger partial charge in [-0.1, -0.05) is 18.2 Å². The van der Waals surface area contributed by atoms with Gasteiger partial charge in [0.05, 0.1) is 0 Å². The van der Waals surface area contributed by atoms with E-state index in [1.54, 1.807) is 12.1 Å². The summed E-state index contributed by atoms with van der Waals surface area (Å²) in [6, 6.07) is 9.21. The molecule has 18 heavy (non-hydrogen) atoms. The first kappa shape index (κ1) is 12.2. The van der Waals surface area contributed by atoms with Gasteiger partial charge in [-0.15, -0.1) is 0 Å². The molecule has 0 radical (unpaired) electrons. The van der Waals surface area contributed by atoms with Crippen LogP contribution >= 0.6 is 0 Å². The highest BCUT2D eigenvalue weighted by molar-refractivity contribution is 5.91. The average Bonchev–Trinajstić information content (AvgIpc) is 2.70. The summed E-state index contributed by atoms with van der Waals surface area (Å²) in [4.78, 5) is 11.7. The van der Waals surface area contributed by atoms with Crippen molar-refractivity contribution in [1.29, 1.82) is 0 Å². The molecule has 1 amide bonds. The Bertz CT molecular complexity index is 534. The predicted octanol–water partition coefficient (Wildman–Crippen LogP) is 2.04. The van der Waals surface area contributed by atoms with Crippen molar-refractivity contribution in [2.24, 2.45) is 0 Å². The number of ether oxygens (including phenoxy) is 1. The second-order valence-corrected chi connectivity index (χ2v) is 3.97. The van der Waals surface area contributed by atoms with Gasteiger partial charge in [-0.25, -0.2) is 0 Å². The standard InChI is InChI=1S/C13H15N3O2/c1-9-10(2)15-16-13(9)14-12(17)8-18-11-6-4-3-5-7-11/h3-7H,8H2,1-2H3,(H2,14,15,16,17). The molecule has 5 heteroatoms. The lowest BCUT2D eigenvalue weighted by atomic mass is 10.3. The van der Waals surface area contributed by atoms with Gasteiger partial charge in [0.25, 0.3) is 5.91 Å². The van der Waals surface area contributed by atoms with E-state index in [4.69, 9.17) is 4.74 Å². The lowest BCUT2D eigenvalue weighted by Gasteiger charge is -2.06. The average molecular weight is 245 g/mol. The molecule has 0 spiro atoms. The van der Waals surface area contributed by atoms with Crippen molar-refractivity contribution in [2.45, 2.75) is 13.8 Å². The Morgan fingerprint density at radius 1 is 1.33 bits per heavy atom. The zero-order chi connectivity index (χ0) is 13.0. The number of rotatable bonds is 4. The van der Waals surface area contributed by atoms with Crippen LogP contribution < -0.4 is 10.1 Å². The van der Waals surface area contributed by atoms with E-state index in [2.05, 4.69) is 15.5 Å². The van der Waals surface area contributed by atoms with E-state index < -0.39 is 0 Å². The van der Waals surface area contributed by atoms with Crippen LogP contribution in [0.2, 0.25) is 0 Å². The SMILES string of the molecule is Cc1[nH]nc(NC(=O)COc2ccccc2)c1C. The molecule has 0 fully saturated rings. The molecule has 2 rings (SSSR count). The number of nitrogens with one attached hydrogen (secondary N) is 2. The number of H-pyrrole nitrogens is 1. The van der Waals surface area contributed by atoms with Crippen molar-refractivity contribution in [3.63, 3.8) is 0 Å². The summed E-state index contributed by atoms with van der Waals surface area (Å²) in [6.45, 7) is 3.76. The van der Waals surface area contributed by atoms with Gasteiger partial charge in [-0.2, -0.15) is 5.10 Å². The number of carbonyl (C=O) groups excluding carboxylic acids is 1. The lowest BCUT2D eigenvalue weighted by Crippen LogP contribution is -2.20. The maximum atomic E-state index is 11.7. The molecule has 0 aliphatic carbocycles. The van der Waals surface area contributed by atoms with Crippen molar-refractivity contribution in [2.75, 3.05) is 11.9 Å². The number of anilines is 1. The molecule has 0 aliphatic heterocycles. The number of amides is 1. The molecule has 1 aromatic carbocycles. The van der Waals surface area contributed by atoms with E-state index in [1.807, 2.05) is 32.0 Å². The summed E-state index contributed by atoms with van der Waals surface area (Å²) >= 11 is 0. The summed E-state index contributed by atoms with van der Waals surface area (Å²) < 4.78 is 5.34. The Balaban J connectivity index is 1.88. The van der Waals surface area contributed by atoms with Crippen LogP contribution in [-0.4, -0.2) is 22.7 Å². The van der Waals surface area contributed by atoms with Crippen LogP contribution in [0.4, 0.5) is 5.82 Å². The van der Waals surface area contributed by atoms with E-state index in [1.165, 1.54) is 0 Å². The number of aryl methyl sites for hydroxylation is 1. The Kier molecular flexibility index (Phi) is 3.62. The molecule has 0 atom stereocenters. The third kappa shape index (κ3) is 2.88. The highest BCUT2D eigenvalue weighted by Crippen LogP contribution is 2.13. The fraction of sp³-hybridized carbons (Fsp3) is 0.231. The molecule has 0 aliphatic rings. The summed E-state index contributed by atoms with van der Waals surface area (Å²) in [7, 11) is 0. The second-order valence-electron chi connectivity index (χ2n) is 3.97. The second kappa shape index (κ2) is 5.35. The van der Waals surface area contributed by atoms with Gasteiger partial charge in [0.1, 0.15) is 5.75 Å². The van der Waals surface area contributed by atoms with Crippen molar-refractivity contribution < 1.29 is 9.53 Å². The number of carbonyl (C=O) groups is 1. The van der Waals surface area contributed by atoms with Crippen molar-refractivity contribution in [3.05, 3.63) is 41.6 Å². The van der Waals surface area contributed by atoms with Crippen LogP contribution in [-0.2, 0) is 4.79 Å². The van der Waals surface area contributed by atoms with E-state index in [0.29, 0.717) is 11.6 Å². The first-order chi connectivity index (χ1) is 8.66. The van der Waals surface area contributed by atoms with Gasteiger partial charge >= 0.3 is 0 Å². The first-order valence-electron chi connectivity index (χ1n) is 5.66. The van der Waals surface area contributed by atoms with E-state index >= 15 is 0 Å². The lowest BCUT2D eigenvalue weighted by molar-refractivity contribution is -0.118. The normalized spacial score (nSPS) is 10.1. The van der Waals surface area contributed by atoms with Gasteiger partial charge in [-0.05, 0) is 26.0 Å². The summed E-state index contributed by atoms with van der Waals surface area (Å²) in [5.74, 6) is 0.991. The Morgan fingerprint density at radius 3 is 2.67 bits per heavy atom. The summed E-state index contributed by atoms with van der Waals surface area (Å²) in [6.07, 6.45) is 0. The zero-order valence-corrected chi connectivity index (χ0v) is 10.4. The molecule has 5 nitrogen and oxygen atoms in total. The zero-order valence-electron chi connectivity index (χ0n) is 10.4. The summed E-state index contributed by atoms with van der Waals surface area (Å²) in [5, 5.41) is 9.50. The minimum Gasteiger partial charge on any atom is -0.484 e. The molecule has 0 saturated heterocycles. The molecule has 2 N–H and O–H groups in total. The van der Waals surface area contributed by atoms with Crippen LogP contribution in [0.15, 0.2) is 30.3 Å². The molecule has 2 aromatic rings. The van der Waals surface area contributed by atoms with Crippen LogP contribution in [0.1, 0.15) is 11.3 Å². The highest BCUT2D eigenvalue weighted by atomic mass is 16.5. The molecule has 0 bridgehead atoms. The van der Waals surface area contributed by atoms with E-state index in [-0.39, 0.29) is 12.5 Å². The van der Waals surface area contributed by atoms with Crippen LogP contribution in [0.25, 0.3) is 0 Å². The minimum absolute atomic E-state index is 0.0324. The number of nitrogens with zero attached hydrogens (tertiary/aromatic N) is 1. The van der Waals surface area contributed by atoms with E-state index in [9.17, 15) is 4.79 Å². The molecule has 0 unspecified atom stereocenters. The van der Waals surface area contributed by atoms with Gasteiger partial charge in [-0.3, -0.25) is 9.89 Å². The molecule has 94 valence electrons. The predicted molar refractivity (Wildman–Crippen MR) is 68.6 cm³/mol. The van der Waals surface area contributed by atoms with Crippen molar-refractivity contribution in [3.8, 4) is 5.75 Å². The van der Waals surface area contributed by atoms with Crippen molar-refractivity contribution >= 4 is 11.7 Å². The Morgan fingerprint density at radius 2 is 2.06 bits per heavy atom.